The van der Waals surface area contributed by atoms with E-state index in [0.29, 0.717) is 5.76 Å². The summed E-state index contributed by atoms with van der Waals surface area (Å²) in [7, 11) is 0. The largest absolute Gasteiger partial charge is 0.360 e. The average Bonchev–Trinajstić information content (AvgIpc) is 2.98. The number of rotatable bonds is 4. The summed E-state index contributed by atoms with van der Waals surface area (Å²) < 4.78 is 6.99. The van der Waals surface area contributed by atoms with Crippen molar-refractivity contribution >= 4 is 11.6 Å². The first kappa shape index (κ1) is 14.3. The molecule has 0 atom stereocenters. The van der Waals surface area contributed by atoms with Crippen LogP contribution >= 0.6 is 0 Å². The molecule has 6 nitrogen and oxygen atoms in total. The van der Waals surface area contributed by atoms with Gasteiger partial charge in [-0.1, -0.05) is 19.0 Å². The van der Waals surface area contributed by atoms with Crippen molar-refractivity contribution in [2.24, 2.45) is 0 Å². The van der Waals surface area contributed by atoms with E-state index in [2.05, 4.69) is 15.6 Å². The van der Waals surface area contributed by atoms with Crippen LogP contribution in [0.3, 0.4) is 0 Å². The van der Waals surface area contributed by atoms with Gasteiger partial charge in [0.05, 0.1) is 17.1 Å². The zero-order chi connectivity index (χ0) is 14.9. The summed E-state index contributed by atoms with van der Waals surface area (Å²) in [6.07, 6.45) is 0. The second kappa shape index (κ2) is 5.48. The summed E-state index contributed by atoms with van der Waals surface area (Å²) in [5.74, 6) is 0.630. The normalized spacial score (nSPS) is 11.1. The molecule has 0 unspecified atom stereocenters. The molecule has 2 heterocycles. The van der Waals surface area contributed by atoms with Crippen LogP contribution in [-0.4, -0.2) is 20.8 Å². The lowest BCUT2D eigenvalue weighted by molar-refractivity contribution is 0.101. The third-order valence-corrected chi connectivity index (χ3v) is 3.25. The van der Waals surface area contributed by atoms with Gasteiger partial charge >= 0.3 is 0 Å². The van der Waals surface area contributed by atoms with Crippen LogP contribution in [0.4, 0.5) is 5.69 Å². The van der Waals surface area contributed by atoms with Crippen molar-refractivity contribution in [1.29, 1.82) is 0 Å². The summed E-state index contributed by atoms with van der Waals surface area (Å²) in [4.78, 5) is 12.2. The van der Waals surface area contributed by atoms with Crippen LogP contribution in [0.25, 0.3) is 0 Å². The number of anilines is 1. The maximum atomic E-state index is 12.2. The van der Waals surface area contributed by atoms with Gasteiger partial charge in [-0.15, -0.1) is 0 Å². The molecule has 2 rings (SSSR count). The molecule has 0 aliphatic carbocycles. The van der Waals surface area contributed by atoms with Crippen molar-refractivity contribution in [3.63, 3.8) is 0 Å². The van der Waals surface area contributed by atoms with Crippen molar-refractivity contribution < 1.29 is 9.32 Å². The van der Waals surface area contributed by atoms with Crippen LogP contribution in [-0.2, 0) is 6.54 Å². The first-order valence-electron chi connectivity index (χ1n) is 6.76. The van der Waals surface area contributed by atoms with Gasteiger partial charge in [-0.05, 0) is 20.8 Å². The topological polar surface area (TPSA) is 73.0 Å². The zero-order valence-corrected chi connectivity index (χ0v) is 12.5. The summed E-state index contributed by atoms with van der Waals surface area (Å²) >= 11 is 0. The van der Waals surface area contributed by atoms with Gasteiger partial charge in [-0.3, -0.25) is 9.48 Å². The summed E-state index contributed by atoms with van der Waals surface area (Å²) in [5, 5.41) is 11.0. The fourth-order valence-electron chi connectivity index (χ4n) is 2.03. The van der Waals surface area contributed by atoms with Crippen LogP contribution in [0, 0.1) is 13.8 Å². The molecule has 6 heteroatoms. The highest BCUT2D eigenvalue weighted by Gasteiger charge is 2.18. The monoisotopic (exact) mass is 276 g/mol. The molecule has 0 aromatic carbocycles. The molecule has 0 saturated heterocycles. The number of nitrogens with zero attached hydrogens (tertiary/aromatic N) is 3. The Kier molecular flexibility index (Phi) is 3.92. The van der Waals surface area contributed by atoms with E-state index in [0.717, 1.165) is 23.6 Å². The number of hydrogen-bond donors (Lipinski definition) is 1. The molecule has 108 valence electrons. The molecule has 0 radical (unpaired) electrons. The van der Waals surface area contributed by atoms with Gasteiger partial charge in [0.1, 0.15) is 5.76 Å². The van der Waals surface area contributed by atoms with E-state index in [1.807, 2.05) is 39.3 Å². The van der Waals surface area contributed by atoms with E-state index in [-0.39, 0.29) is 17.5 Å². The smallest absolute Gasteiger partial charge is 0.277 e. The van der Waals surface area contributed by atoms with Gasteiger partial charge in [-0.25, -0.2) is 0 Å². The van der Waals surface area contributed by atoms with E-state index in [9.17, 15) is 4.79 Å². The summed E-state index contributed by atoms with van der Waals surface area (Å²) in [5.41, 5.74) is 2.76. The number of amides is 1. The van der Waals surface area contributed by atoms with E-state index in [1.165, 1.54) is 0 Å². The maximum Gasteiger partial charge on any atom is 0.277 e. The van der Waals surface area contributed by atoms with Crippen LogP contribution in [0.2, 0.25) is 0 Å². The third-order valence-electron chi connectivity index (χ3n) is 3.25. The highest BCUT2D eigenvalue weighted by Crippen LogP contribution is 2.21. The predicted molar refractivity (Wildman–Crippen MR) is 75.9 cm³/mol. The lowest BCUT2D eigenvalue weighted by atomic mass is 10.1. The first-order chi connectivity index (χ1) is 9.43. The SMILES string of the molecule is CCn1nc(C)c(NC(=O)c2cc(C(C)C)on2)c1C. The Balaban J connectivity index is 2.21. The van der Waals surface area contributed by atoms with E-state index >= 15 is 0 Å². The number of aromatic nitrogens is 3. The second-order valence-electron chi connectivity index (χ2n) is 5.08. The van der Waals surface area contributed by atoms with Crippen molar-refractivity contribution in [2.75, 3.05) is 5.32 Å². The molecular weight excluding hydrogens is 256 g/mol. The molecule has 2 aromatic heterocycles. The van der Waals surface area contributed by atoms with Gasteiger partial charge in [0.25, 0.3) is 5.91 Å². The fourth-order valence-corrected chi connectivity index (χ4v) is 2.03. The lowest BCUT2D eigenvalue weighted by Gasteiger charge is -2.03. The Labute approximate surface area is 118 Å². The molecule has 0 fully saturated rings. The second-order valence-corrected chi connectivity index (χ2v) is 5.08. The van der Waals surface area contributed by atoms with E-state index in [1.54, 1.807) is 6.07 Å². The van der Waals surface area contributed by atoms with Gasteiger partial charge in [0, 0.05) is 18.5 Å². The Morgan fingerprint density at radius 1 is 1.45 bits per heavy atom. The fraction of sp³-hybridized carbons (Fsp3) is 0.500. The Bertz CT molecular complexity index is 625. The molecule has 0 saturated carbocycles. The lowest BCUT2D eigenvalue weighted by Crippen LogP contribution is -2.13. The number of carbonyl (C=O) groups is 1. The van der Waals surface area contributed by atoms with Crippen LogP contribution in [0.15, 0.2) is 10.6 Å². The van der Waals surface area contributed by atoms with Crippen molar-refractivity contribution in [1.82, 2.24) is 14.9 Å². The van der Waals surface area contributed by atoms with E-state index in [4.69, 9.17) is 4.52 Å². The van der Waals surface area contributed by atoms with Crippen LogP contribution in [0.5, 0.6) is 0 Å². The highest BCUT2D eigenvalue weighted by molar-refractivity contribution is 6.03. The third kappa shape index (κ3) is 2.59. The van der Waals surface area contributed by atoms with Gasteiger partial charge in [0.15, 0.2) is 5.69 Å². The quantitative estimate of drug-likeness (QED) is 0.931. The highest BCUT2D eigenvalue weighted by atomic mass is 16.5. The number of aryl methyl sites for hydroxylation is 2. The minimum absolute atomic E-state index is 0.204. The molecule has 0 spiro atoms. The molecule has 1 amide bonds. The van der Waals surface area contributed by atoms with Gasteiger partial charge in [0.2, 0.25) is 0 Å². The van der Waals surface area contributed by atoms with Gasteiger partial charge < -0.3 is 9.84 Å². The Hall–Kier alpha value is -2.11. The first-order valence-corrected chi connectivity index (χ1v) is 6.76. The van der Waals surface area contributed by atoms with Crippen molar-refractivity contribution in [2.45, 2.75) is 47.1 Å². The zero-order valence-electron chi connectivity index (χ0n) is 12.5. The summed E-state index contributed by atoms with van der Waals surface area (Å²) in [6, 6.07) is 1.68. The molecule has 0 bridgehead atoms. The van der Waals surface area contributed by atoms with Gasteiger partial charge in [-0.2, -0.15) is 5.10 Å². The number of nitrogens with one attached hydrogen (secondary N) is 1. The minimum atomic E-state index is -0.275. The number of hydrogen-bond acceptors (Lipinski definition) is 4. The molecule has 2 aromatic rings. The van der Waals surface area contributed by atoms with E-state index < -0.39 is 0 Å². The van der Waals surface area contributed by atoms with Crippen molar-refractivity contribution in [3.05, 3.63) is 28.9 Å². The molecule has 0 aliphatic heterocycles. The average molecular weight is 276 g/mol. The molecule has 20 heavy (non-hydrogen) atoms. The number of carbonyl (C=O) groups excluding carboxylic acids is 1. The molecule has 0 aliphatic rings. The summed E-state index contributed by atoms with van der Waals surface area (Å²) in [6.45, 7) is 10.6. The van der Waals surface area contributed by atoms with Crippen LogP contribution in [0.1, 0.15) is 54.3 Å². The standard InChI is InChI=1S/C14H20N4O2/c1-6-18-10(5)13(9(4)16-18)15-14(19)11-7-12(8(2)3)20-17-11/h7-8H,6H2,1-5H3,(H,15,19). The molecular formula is C14H20N4O2. The van der Waals surface area contributed by atoms with Crippen molar-refractivity contribution in [3.8, 4) is 0 Å². The predicted octanol–water partition coefficient (Wildman–Crippen LogP) is 2.88. The Morgan fingerprint density at radius 3 is 2.65 bits per heavy atom. The van der Waals surface area contributed by atoms with Crippen LogP contribution < -0.4 is 5.32 Å². The molecule has 1 N–H and O–H groups in total. The Morgan fingerprint density at radius 2 is 2.15 bits per heavy atom. The minimum Gasteiger partial charge on any atom is -0.360 e. The maximum absolute atomic E-state index is 12.2.